The van der Waals surface area contributed by atoms with E-state index in [-0.39, 0.29) is 24.7 Å². The number of carbonyl (C=O) groups is 2. The summed E-state index contributed by atoms with van der Waals surface area (Å²) in [6, 6.07) is 3.78. The molecule has 2 heterocycles. The minimum atomic E-state index is -0.867. The fourth-order valence-electron chi connectivity index (χ4n) is 2.16. The maximum Gasteiger partial charge on any atom is 0.304 e. The molecule has 1 N–H and O–H groups in total. The summed E-state index contributed by atoms with van der Waals surface area (Å²) >= 11 is 1.50. The van der Waals surface area contributed by atoms with Gasteiger partial charge in [0.05, 0.1) is 19.6 Å². The molecule has 1 atom stereocenters. The summed E-state index contributed by atoms with van der Waals surface area (Å²) in [4.78, 5) is 25.8. The molecule has 19 heavy (non-hydrogen) atoms. The zero-order chi connectivity index (χ0) is 13.7. The molecule has 0 bridgehead atoms. The number of amides is 1. The van der Waals surface area contributed by atoms with Crippen LogP contribution in [0.4, 0.5) is 0 Å². The minimum absolute atomic E-state index is 0.00338. The standard InChI is InChI=1S/C13H17NO4S/c15-12(14-3-5-18-6-4-14)8-10(9-13(16)17)11-2-1-7-19-11/h1-2,7,10H,3-6,8-9H2,(H,16,17)/t10-/m0/s1. The first-order chi connectivity index (χ1) is 9.16. The molecule has 1 aromatic heterocycles. The van der Waals surface area contributed by atoms with Crippen LogP contribution in [0.15, 0.2) is 17.5 Å². The van der Waals surface area contributed by atoms with E-state index in [1.165, 1.54) is 11.3 Å². The number of carboxylic acids is 1. The predicted octanol–water partition coefficient (Wildman–Crippen LogP) is 1.56. The number of hydrogen-bond donors (Lipinski definition) is 1. The van der Waals surface area contributed by atoms with Crippen molar-refractivity contribution in [3.8, 4) is 0 Å². The fourth-order valence-corrected chi connectivity index (χ4v) is 2.99. The van der Waals surface area contributed by atoms with Crippen molar-refractivity contribution < 1.29 is 19.4 Å². The summed E-state index contributed by atoms with van der Waals surface area (Å²) in [6.07, 6.45) is 0.253. The lowest BCUT2D eigenvalue weighted by Crippen LogP contribution is -2.41. The summed E-state index contributed by atoms with van der Waals surface area (Å²) in [7, 11) is 0. The number of thiophene rings is 1. The Hall–Kier alpha value is -1.40. The number of morpholine rings is 1. The molecule has 1 fully saturated rings. The number of hydrogen-bond acceptors (Lipinski definition) is 4. The Morgan fingerprint density at radius 2 is 2.11 bits per heavy atom. The van der Waals surface area contributed by atoms with Gasteiger partial charge in [-0.3, -0.25) is 9.59 Å². The molecule has 6 heteroatoms. The van der Waals surface area contributed by atoms with Gasteiger partial charge in [0.1, 0.15) is 0 Å². The van der Waals surface area contributed by atoms with E-state index in [2.05, 4.69) is 0 Å². The van der Waals surface area contributed by atoms with Crippen LogP contribution < -0.4 is 0 Å². The molecule has 0 radical (unpaired) electrons. The van der Waals surface area contributed by atoms with E-state index >= 15 is 0 Å². The Balaban J connectivity index is 1.99. The Labute approximate surface area is 115 Å². The van der Waals surface area contributed by atoms with Crippen LogP contribution in [-0.4, -0.2) is 48.2 Å². The van der Waals surface area contributed by atoms with E-state index in [9.17, 15) is 9.59 Å². The van der Waals surface area contributed by atoms with Crippen LogP contribution in [0.2, 0.25) is 0 Å². The van der Waals surface area contributed by atoms with Gasteiger partial charge in [0, 0.05) is 30.3 Å². The lowest BCUT2D eigenvalue weighted by atomic mass is 9.98. The monoisotopic (exact) mass is 283 g/mol. The van der Waals surface area contributed by atoms with E-state index in [1.54, 1.807) is 4.90 Å². The average Bonchev–Trinajstić information content (AvgIpc) is 2.92. The molecule has 0 saturated carbocycles. The molecule has 104 valence electrons. The summed E-state index contributed by atoms with van der Waals surface area (Å²) in [5.41, 5.74) is 0. The first-order valence-corrected chi connectivity index (χ1v) is 7.15. The van der Waals surface area contributed by atoms with E-state index in [0.29, 0.717) is 26.3 Å². The van der Waals surface area contributed by atoms with Crippen molar-refractivity contribution in [1.29, 1.82) is 0 Å². The number of aliphatic carboxylic acids is 1. The zero-order valence-electron chi connectivity index (χ0n) is 10.6. The Morgan fingerprint density at radius 1 is 1.37 bits per heavy atom. The molecule has 0 unspecified atom stereocenters. The van der Waals surface area contributed by atoms with Gasteiger partial charge in [-0.25, -0.2) is 0 Å². The van der Waals surface area contributed by atoms with E-state index < -0.39 is 5.97 Å². The largest absolute Gasteiger partial charge is 0.481 e. The average molecular weight is 283 g/mol. The molecule has 1 aromatic rings. The van der Waals surface area contributed by atoms with Gasteiger partial charge in [-0.1, -0.05) is 6.07 Å². The number of carboxylic acid groups (broad SMARTS) is 1. The van der Waals surface area contributed by atoms with Gasteiger partial charge in [0.15, 0.2) is 0 Å². The van der Waals surface area contributed by atoms with Gasteiger partial charge in [-0.15, -0.1) is 11.3 Å². The molecule has 1 saturated heterocycles. The maximum absolute atomic E-state index is 12.2. The second kappa shape index (κ2) is 6.68. The van der Waals surface area contributed by atoms with Crippen LogP contribution >= 0.6 is 11.3 Å². The van der Waals surface area contributed by atoms with Crippen molar-refractivity contribution in [2.75, 3.05) is 26.3 Å². The summed E-state index contributed by atoms with van der Waals surface area (Å²) in [5.74, 6) is -1.08. The first-order valence-electron chi connectivity index (χ1n) is 6.27. The molecule has 0 aromatic carbocycles. The van der Waals surface area contributed by atoms with Crippen LogP contribution in [0, 0.1) is 0 Å². The van der Waals surface area contributed by atoms with Crippen LogP contribution in [-0.2, 0) is 14.3 Å². The van der Waals surface area contributed by atoms with E-state index in [1.807, 2.05) is 17.5 Å². The highest BCUT2D eigenvalue weighted by Crippen LogP contribution is 2.28. The first kappa shape index (κ1) is 14.0. The Bertz CT molecular complexity index is 426. The lowest BCUT2D eigenvalue weighted by Gasteiger charge is -2.28. The SMILES string of the molecule is O=C(O)C[C@H](CC(=O)N1CCOCC1)c1cccs1. The Morgan fingerprint density at radius 3 is 2.68 bits per heavy atom. The molecule has 0 aliphatic carbocycles. The third-order valence-corrected chi connectivity index (χ3v) is 4.19. The number of carbonyl (C=O) groups excluding carboxylic acids is 1. The number of rotatable bonds is 5. The molecule has 1 aliphatic heterocycles. The molecule has 1 amide bonds. The highest BCUT2D eigenvalue weighted by molar-refractivity contribution is 7.10. The Kier molecular flexibility index (Phi) is 4.93. The quantitative estimate of drug-likeness (QED) is 0.890. The molecule has 0 spiro atoms. The normalized spacial score (nSPS) is 17.2. The number of ether oxygens (including phenoxy) is 1. The van der Waals surface area contributed by atoms with Gasteiger partial charge in [-0.05, 0) is 11.4 Å². The topological polar surface area (TPSA) is 66.8 Å². The van der Waals surface area contributed by atoms with Crippen molar-refractivity contribution in [1.82, 2.24) is 4.90 Å². The fraction of sp³-hybridized carbons (Fsp3) is 0.538. The van der Waals surface area contributed by atoms with Gasteiger partial charge in [0.2, 0.25) is 5.91 Å². The van der Waals surface area contributed by atoms with Crippen LogP contribution in [0.3, 0.4) is 0 Å². The van der Waals surface area contributed by atoms with Crippen molar-refractivity contribution in [3.63, 3.8) is 0 Å². The minimum Gasteiger partial charge on any atom is -0.481 e. The zero-order valence-corrected chi connectivity index (χ0v) is 11.4. The highest BCUT2D eigenvalue weighted by atomic mass is 32.1. The van der Waals surface area contributed by atoms with Crippen molar-refractivity contribution in [2.45, 2.75) is 18.8 Å². The van der Waals surface area contributed by atoms with Crippen LogP contribution in [0.1, 0.15) is 23.6 Å². The van der Waals surface area contributed by atoms with E-state index in [4.69, 9.17) is 9.84 Å². The smallest absolute Gasteiger partial charge is 0.304 e. The molecular weight excluding hydrogens is 266 g/mol. The van der Waals surface area contributed by atoms with E-state index in [0.717, 1.165) is 4.88 Å². The van der Waals surface area contributed by atoms with Crippen molar-refractivity contribution in [2.24, 2.45) is 0 Å². The van der Waals surface area contributed by atoms with Crippen LogP contribution in [0.25, 0.3) is 0 Å². The van der Waals surface area contributed by atoms with Gasteiger partial charge >= 0.3 is 5.97 Å². The second-order valence-corrected chi connectivity index (χ2v) is 5.49. The molecule has 2 rings (SSSR count). The van der Waals surface area contributed by atoms with Gasteiger partial charge in [-0.2, -0.15) is 0 Å². The van der Waals surface area contributed by atoms with Crippen molar-refractivity contribution >= 4 is 23.2 Å². The van der Waals surface area contributed by atoms with Crippen LogP contribution in [0.5, 0.6) is 0 Å². The summed E-state index contributed by atoms with van der Waals surface area (Å²) < 4.78 is 5.21. The third-order valence-electron chi connectivity index (χ3n) is 3.15. The molecule has 5 nitrogen and oxygen atoms in total. The highest BCUT2D eigenvalue weighted by Gasteiger charge is 2.24. The molecular formula is C13H17NO4S. The second-order valence-electron chi connectivity index (χ2n) is 4.51. The lowest BCUT2D eigenvalue weighted by molar-refractivity contribution is -0.138. The summed E-state index contributed by atoms with van der Waals surface area (Å²) in [6.45, 7) is 2.33. The van der Waals surface area contributed by atoms with Gasteiger partial charge in [0.25, 0.3) is 0 Å². The predicted molar refractivity (Wildman–Crippen MR) is 71.3 cm³/mol. The third kappa shape index (κ3) is 4.04. The summed E-state index contributed by atoms with van der Waals surface area (Å²) in [5, 5.41) is 10.9. The molecule has 1 aliphatic rings. The maximum atomic E-state index is 12.2. The number of nitrogens with zero attached hydrogens (tertiary/aromatic N) is 1. The van der Waals surface area contributed by atoms with Gasteiger partial charge < -0.3 is 14.7 Å². The van der Waals surface area contributed by atoms with Crippen molar-refractivity contribution in [3.05, 3.63) is 22.4 Å².